The molecule has 3 N–H and O–H groups in total. The third-order valence-corrected chi connectivity index (χ3v) is 2.61. The largest absolute Gasteiger partial charge is 0.478 e. The molecule has 1 aromatic carbocycles. The first-order valence-electron chi connectivity index (χ1n) is 5.49. The number of nitrogens with two attached hydrogens (primary N) is 1. The summed E-state index contributed by atoms with van der Waals surface area (Å²) in [5.74, 6) is -0.758. The molecule has 2 heterocycles. The highest BCUT2D eigenvalue weighted by Crippen LogP contribution is 2.25. The second-order valence-corrected chi connectivity index (χ2v) is 3.99. The summed E-state index contributed by atoms with van der Waals surface area (Å²) in [4.78, 5) is 19.2. The molecule has 0 aliphatic heterocycles. The van der Waals surface area contributed by atoms with Gasteiger partial charge in [-0.2, -0.15) is 4.98 Å². The van der Waals surface area contributed by atoms with E-state index in [0.717, 1.165) is 0 Å². The highest BCUT2D eigenvalue weighted by Gasteiger charge is 2.12. The molecule has 3 aromatic rings. The van der Waals surface area contributed by atoms with Crippen molar-refractivity contribution in [2.45, 2.75) is 0 Å². The van der Waals surface area contributed by atoms with Crippen LogP contribution >= 0.6 is 0 Å². The Labute approximate surface area is 107 Å². The van der Waals surface area contributed by atoms with E-state index in [-0.39, 0.29) is 5.56 Å². The van der Waals surface area contributed by atoms with Gasteiger partial charge in [0.1, 0.15) is 0 Å². The van der Waals surface area contributed by atoms with Crippen LogP contribution in [-0.2, 0) is 0 Å². The van der Waals surface area contributed by atoms with Gasteiger partial charge < -0.3 is 15.3 Å². The van der Waals surface area contributed by atoms with Crippen molar-refractivity contribution in [3.63, 3.8) is 0 Å². The lowest BCUT2D eigenvalue weighted by atomic mass is 10.1. The van der Waals surface area contributed by atoms with Gasteiger partial charge in [0, 0.05) is 17.4 Å². The molecule has 2 aromatic heterocycles. The second kappa shape index (κ2) is 4.09. The normalized spacial score (nSPS) is 10.7. The summed E-state index contributed by atoms with van der Waals surface area (Å²) in [5, 5.41) is 9.00. The number of rotatable bonds is 2. The van der Waals surface area contributed by atoms with Crippen LogP contribution in [0.3, 0.4) is 0 Å². The summed E-state index contributed by atoms with van der Waals surface area (Å²) < 4.78 is 5.52. The van der Waals surface area contributed by atoms with E-state index in [2.05, 4.69) is 9.97 Å². The van der Waals surface area contributed by atoms with Gasteiger partial charge in [-0.15, -0.1) is 0 Å². The van der Waals surface area contributed by atoms with Crippen molar-refractivity contribution < 1.29 is 14.3 Å². The van der Waals surface area contributed by atoms with Crippen molar-refractivity contribution in [1.82, 2.24) is 9.97 Å². The Kier molecular flexibility index (Phi) is 2.42. The molecule has 0 atom stereocenters. The number of nitrogens with zero attached hydrogens (tertiary/aromatic N) is 2. The number of carboxylic acids is 1. The molecular formula is C13H9N3O3. The zero-order valence-electron chi connectivity index (χ0n) is 9.70. The van der Waals surface area contributed by atoms with Gasteiger partial charge in [-0.25, -0.2) is 9.78 Å². The standard InChI is InChI=1S/C13H9N3O3/c14-9-5-7(4-8(6-9)13(17)18)12-16-11-10(19-12)2-1-3-15-11/h1-6H,14H2,(H,17,18). The van der Waals surface area contributed by atoms with Gasteiger partial charge in [-0.1, -0.05) is 0 Å². The maximum Gasteiger partial charge on any atom is 0.335 e. The van der Waals surface area contributed by atoms with Crippen LogP contribution in [0.25, 0.3) is 22.7 Å². The molecular weight excluding hydrogens is 246 g/mol. The number of anilines is 1. The van der Waals surface area contributed by atoms with E-state index >= 15 is 0 Å². The van der Waals surface area contributed by atoms with Crippen LogP contribution in [0.1, 0.15) is 10.4 Å². The summed E-state index contributed by atoms with van der Waals surface area (Å²) in [5.41, 5.74) is 7.62. The minimum atomic E-state index is -1.05. The minimum Gasteiger partial charge on any atom is -0.478 e. The Hall–Kier alpha value is -2.89. The highest BCUT2D eigenvalue weighted by atomic mass is 16.4. The Morgan fingerprint density at radius 2 is 2.16 bits per heavy atom. The van der Waals surface area contributed by atoms with Crippen molar-refractivity contribution in [2.24, 2.45) is 0 Å². The van der Waals surface area contributed by atoms with Gasteiger partial charge in [-0.05, 0) is 30.3 Å². The van der Waals surface area contributed by atoms with Gasteiger partial charge in [0.2, 0.25) is 5.89 Å². The van der Waals surface area contributed by atoms with Crippen LogP contribution in [0.4, 0.5) is 5.69 Å². The lowest BCUT2D eigenvalue weighted by Crippen LogP contribution is -1.98. The number of carbonyl (C=O) groups is 1. The summed E-state index contributed by atoms with van der Waals surface area (Å²) >= 11 is 0. The number of oxazole rings is 1. The number of fused-ring (bicyclic) bond motifs is 1. The molecule has 0 saturated heterocycles. The number of pyridine rings is 1. The first-order valence-corrected chi connectivity index (χ1v) is 5.49. The monoisotopic (exact) mass is 255 g/mol. The molecule has 0 spiro atoms. The van der Waals surface area contributed by atoms with E-state index in [1.807, 2.05) is 0 Å². The molecule has 0 fully saturated rings. The molecule has 0 amide bonds. The lowest BCUT2D eigenvalue weighted by Gasteiger charge is -2.01. The molecule has 0 bridgehead atoms. The fourth-order valence-corrected chi connectivity index (χ4v) is 1.79. The fraction of sp³-hybridized carbons (Fsp3) is 0. The molecule has 19 heavy (non-hydrogen) atoms. The third kappa shape index (κ3) is 1.99. The average molecular weight is 255 g/mol. The molecule has 3 rings (SSSR count). The Morgan fingerprint density at radius 1 is 1.32 bits per heavy atom. The molecule has 0 aliphatic rings. The van der Waals surface area contributed by atoms with E-state index in [1.165, 1.54) is 12.1 Å². The van der Waals surface area contributed by atoms with Crippen LogP contribution in [0.15, 0.2) is 40.9 Å². The summed E-state index contributed by atoms with van der Waals surface area (Å²) in [6.45, 7) is 0. The van der Waals surface area contributed by atoms with Crippen molar-refractivity contribution >= 4 is 22.9 Å². The smallest absolute Gasteiger partial charge is 0.335 e. The highest BCUT2D eigenvalue weighted by molar-refractivity contribution is 5.90. The predicted octanol–water partition coefficient (Wildman–Crippen LogP) is 2.17. The average Bonchev–Trinajstić information content (AvgIpc) is 2.81. The van der Waals surface area contributed by atoms with Crippen LogP contribution in [0, 0.1) is 0 Å². The first-order chi connectivity index (χ1) is 9.13. The maximum absolute atomic E-state index is 11.0. The quantitative estimate of drug-likeness (QED) is 0.680. The third-order valence-electron chi connectivity index (χ3n) is 2.61. The summed E-state index contributed by atoms with van der Waals surface area (Å²) in [6, 6.07) is 7.93. The molecule has 6 heteroatoms. The molecule has 0 saturated carbocycles. The lowest BCUT2D eigenvalue weighted by molar-refractivity contribution is 0.0697. The van der Waals surface area contributed by atoms with E-state index in [1.54, 1.807) is 24.4 Å². The fourth-order valence-electron chi connectivity index (χ4n) is 1.79. The van der Waals surface area contributed by atoms with Crippen LogP contribution in [0.2, 0.25) is 0 Å². The van der Waals surface area contributed by atoms with E-state index in [9.17, 15) is 4.79 Å². The van der Waals surface area contributed by atoms with Crippen LogP contribution < -0.4 is 5.73 Å². The number of aromatic nitrogens is 2. The molecule has 6 nitrogen and oxygen atoms in total. The minimum absolute atomic E-state index is 0.0882. The van der Waals surface area contributed by atoms with Gasteiger partial charge in [0.05, 0.1) is 5.56 Å². The Balaban J connectivity index is 2.17. The van der Waals surface area contributed by atoms with Crippen molar-refractivity contribution in [3.05, 3.63) is 42.1 Å². The zero-order valence-corrected chi connectivity index (χ0v) is 9.70. The van der Waals surface area contributed by atoms with Gasteiger partial charge in [-0.3, -0.25) is 0 Å². The number of carboxylic acid groups (broad SMARTS) is 1. The SMILES string of the molecule is Nc1cc(C(=O)O)cc(-c2nc3ncccc3o2)c1. The number of hydrogen-bond donors (Lipinski definition) is 2. The first kappa shape index (κ1) is 11.2. The second-order valence-electron chi connectivity index (χ2n) is 3.99. The number of nitrogen functional groups attached to an aromatic ring is 1. The van der Waals surface area contributed by atoms with Crippen LogP contribution in [0.5, 0.6) is 0 Å². The molecule has 0 aliphatic carbocycles. The van der Waals surface area contributed by atoms with Crippen molar-refractivity contribution in [3.8, 4) is 11.5 Å². The van der Waals surface area contributed by atoms with Gasteiger partial charge in [0.15, 0.2) is 11.2 Å². The molecule has 0 radical (unpaired) electrons. The summed E-state index contributed by atoms with van der Waals surface area (Å²) in [7, 11) is 0. The van der Waals surface area contributed by atoms with Crippen molar-refractivity contribution in [1.29, 1.82) is 0 Å². The molecule has 94 valence electrons. The summed E-state index contributed by atoms with van der Waals surface area (Å²) in [6.07, 6.45) is 1.61. The number of benzene rings is 1. The molecule has 0 unspecified atom stereocenters. The van der Waals surface area contributed by atoms with E-state index in [0.29, 0.717) is 28.4 Å². The Morgan fingerprint density at radius 3 is 2.89 bits per heavy atom. The van der Waals surface area contributed by atoms with Gasteiger partial charge in [0.25, 0.3) is 0 Å². The predicted molar refractivity (Wildman–Crippen MR) is 68.6 cm³/mol. The van der Waals surface area contributed by atoms with Gasteiger partial charge >= 0.3 is 5.97 Å². The maximum atomic E-state index is 11.0. The van der Waals surface area contributed by atoms with E-state index in [4.69, 9.17) is 15.3 Å². The van der Waals surface area contributed by atoms with Crippen molar-refractivity contribution in [2.75, 3.05) is 5.73 Å². The Bertz CT molecular complexity index is 747. The van der Waals surface area contributed by atoms with Crippen LogP contribution in [-0.4, -0.2) is 21.0 Å². The zero-order chi connectivity index (χ0) is 13.4. The van der Waals surface area contributed by atoms with E-state index < -0.39 is 5.97 Å². The number of hydrogen-bond acceptors (Lipinski definition) is 5. The topological polar surface area (TPSA) is 102 Å². The number of aromatic carboxylic acids is 1.